The van der Waals surface area contributed by atoms with E-state index in [9.17, 15) is 20.0 Å². The quantitative estimate of drug-likeness (QED) is 0.329. The zero-order valence-corrected chi connectivity index (χ0v) is 23.9. The van der Waals surface area contributed by atoms with Gasteiger partial charge >= 0.3 is 11.9 Å². The van der Waals surface area contributed by atoms with E-state index in [2.05, 4.69) is 5.92 Å². The number of terminal acetylenes is 1. The Balaban J connectivity index is 1.83. The van der Waals surface area contributed by atoms with Crippen molar-refractivity contribution in [1.82, 2.24) is 0 Å². The fourth-order valence-corrected chi connectivity index (χ4v) is 6.27. The summed E-state index contributed by atoms with van der Waals surface area (Å²) in [5.74, 6) is 1.36. The maximum absolute atomic E-state index is 13.2. The van der Waals surface area contributed by atoms with Crippen molar-refractivity contribution in [2.75, 3.05) is 6.61 Å². The first-order chi connectivity index (χ1) is 17.4. The molecule has 2 N–H and O–H groups in total. The summed E-state index contributed by atoms with van der Waals surface area (Å²) in [5, 5.41) is 25.8. The Hall–Kier alpha value is -2.64. The molecule has 2 fully saturated rings. The molecule has 0 amide bonds. The van der Waals surface area contributed by atoms with Crippen LogP contribution in [0, 0.1) is 22.8 Å². The second-order valence-electron chi connectivity index (χ2n) is 13.3. The second kappa shape index (κ2) is 10.5. The molecule has 0 radical (unpaired) electrons. The number of carbonyl (C=O) groups excluding carboxylic acids is 2. The van der Waals surface area contributed by atoms with Crippen LogP contribution in [0.5, 0.6) is 5.75 Å². The van der Waals surface area contributed by atoms with Crippen molar-refractivity contribution in [3.63, 3.8) is 0 Å². The van der Waals surface area contributed by atoms with Crippen LogP contribution in [0.1, 0.15) is 102 Å². The summed E-state index contributed by atoms with van der Waals surface area (Å²) >= 11 is 0. The summed E-state index contributed by atoms with van der Waals surface area (Å²) < 4.78 is 17.2. The van der Waals surface area contributed by atoms with Gasteiger partial charge in [-0.05, 0) is 73.6 Å². The van der Waals surface area contributed by atoms with Gasteiger partial charge in [-0.1, -0.05) is 5.92 Å². The highest BCUT2D eigenvalue weighted by molar-refractivity contribution is 5.96. The van der Waals surface area contributed by atoms with Crippen LogP contribution in [-0.4, -0.2) is 52.9 Å². The third-order valence-electron chi connectivity index (χ3n) is 7.66. The lowest BCUT2D eigenvalue weighted by atomic mass is 9.80. The smallest absolute Gasteiger partial charge is 0.338 e. The number of esters is 2. The number of hydroxylamine groups is 4. The molecule has 9 heteroatoms. The van der Waals surface area contributed by atoms with Crippen LogP contribution in [0.4, 0.5) is 0 Å². The molecule has 0 bridgehead atoms. The van der Waals surface area contributed by atoms with Crippen LogP contribution in [0.25, 0.3) is 0 Å². The molecule has 1 aromatic rings. The molecule has 0 aliphatic carbocycles. The summed E-state index contributed by atoms with van der Waals surface area (Å²) in [5.41, 5.74) is -2.24. The van der Waals surface area contributed by atoms with Crippen LogP contribution in [0.3, 0.4) is 0 Å². The summed E-state index contributed by atoms with van der Waals surface area (Å²) in [4.78, 5) is 26.4. The number of hydrogen-bond donors (Lipinski definition) is 2. The zero-order valence-electron chi connectivity index (χ0n) is 23.9. The Bertz CT molecular complexity index is 992. The number of rotatable bonds is 6. The Kier molecular flexibility index (Phi) is 8.26. The molecule has 2 saturated heterocycles. The molecule has 0 spiro atoms. The molecule has 2 heterocycles. The van der Waals surface area contributed by atoms with Gasteiger partial charge in [-0.25, -0.2) is 9.59 Å². The van der Waals surface area contributed by atoms with Gasteiger partial charge in [0.2, 0.25) is 0 Å². The molecule has 0 aromatic heterocycles. The summed E-state index contributed by atoms with van der Waals surface area (Å²) in [6.45, 7) is 14.8. The van der Waals surface area contributed by atoms with Gasteiger partial charge in [-0.2, -0.15) is 0 Å². The molecule has 1 aromatic carbocycles. The Morgan fingerprint density at radius 2 is 1.13 bits per heavy atom. The minimum atomic E-state index is -0.623. The van der Waals surface area contributed by atoms with Gasteiger partial charge in [-0.15, -0.1) is 6.42 Å². The highest BCUT2D eigenvalue weighted by atomic mass is 16.6. The third-order valence-corrected chi connectivity index (χ3v) is 7.66. The lowest BCUT2D eigenvalue weighted by Gasteiger charge is -2.54. The van der Waals surface area contributed by atoms with Crippen molar-refractivity contribution in [2.24, 2.45) is 0 Å². The molecule has 0 saturated carbocycles. The molecular weight excluding hydrogens is 488 g/mol. The monoisotopic (exact) mass is 530 g/mol. The van der Waals surface area contributed by atoms with Crippen LogP contribution >= 0.6 is 0 Å². The van der Waals surface area contributed by atoms with Crippen molar-refractivity contribution >= 4 is 11.9 Å². The maximum Gasteiger partial charge on any atom is 0.338 e. The van der Waals surface area contributed by atoms with E-state index in [1.165, 1.54) is 18.2 Å². The SMILES string of the molecule is C#CCOc1cc(C(=O)OC2CC(C)(C)[NH+]([O-])C(C)(C)C2)cc(C(=O)OC2CC(C)(C)[NH+]([O-])C(C)(C)C2)c1. The number of carbonyl (C=O) groups is 2. The van der Waals surface area contributed by atoms with Crippen LogP contribution < -0.4 is 14.9 Å². The maximum atomic E-state index is 13.2. The first kappa shape index (κ1) is 29.9. The van der Waals surface area contributed by atoms with Gasteiger partial charge in [-0.3, -0.25) is 0 Å². The van der Waals surface area contributed by atoms with E-state index in [-0.39, 0.29) is 33.6 Å². The number of ether oxygens (including phenoxy) is 3. The van der Waals surface area contributed by atoms with Crippen molar-refractivity contribution in [1.29, 1.82) is 0 Å². The largest absolute Gasteiger partial charge is 0.634 e. The van der Waals surface area contributed by atoms with E-state index in [1.807, 2.05) is 55.4 Å². The number of piperidine rings is 2. The topological polar surface area (TPSA) is 117 Å². The van der Waals surface area contributed by atoms with Gasteiger partial charge in [0.1, 0.15) is 24.6 Å². The fourth-order valence-electron chi connectivity index (χ4n) is 6.27. The average molecular weight is 531 g/mol. The van der Waals surface area contributed by atoms with Gasteiger partial charge in [0.05, 0.1) is 33.3 Å². The average Bonchev–Trinajstić information content (AvgIpc) is 2.78. The predicted molar refractivity (Wildman–Crippen MR) is 143 cm³/mol. The van der Waals surface area contributed by atoms with Crippen molar-refractivity contribution < 1.29 is 33.9 Å². The van der Waals surface area contributed by atoms with Crippen molar-refractivity contribution in [3.05, 3.63) is 39.7 Å². The predicted octanol–water partition coefficient (Wildman–Crippen LogP) is 2.22. The van der Waals surface area contributed by atoms with Gasteiger partial charge < -0.3 is 34.8 Å². The molecule has 38 heavy (non-hydrogen) atoms. The number of nitrogens with one attached hydrogen (secondary N) is 2. The molecule has 0 unspecified atom stereocenters. The van der Waals surface area contributed by atoms with Crippen LogP contribution in [-0.2, 0) is 9.47 Å². The van der Waals surface area contributed by atoms with Crippen LogP contribution in [0.15, 0.2) is 18.2 Å². The Morgan fingerprint density at radius 1 is 0.789 bits per heavy atom. The zero-order chi connectivity index (χ0) is 28.7. The van der Waals surface area contributed by atoms with E-state index in [0.29, 0.717) is 25.7 Å². The van der Waals surface area contributed by atoms with Gasteiger partial charge in [0.15, 0.2) is 0 Å². The van der Waals surface area contributed by atoms with Gasteiger partial charge in [0, 0.05) is 25.7 Å². The standard InChI is InChI=1S/C29H42N2O7/c1-10-11-36-21-13-19(24(32)37-22-15-26(2,3)30(34)27(4,5)16-22)12-20(14-21)25(33)38-23-17-28(6,7)31(35)29(8,9)18-23/h1,12-14,22-23,30-31H,11,15-18H2,2-9H3. The van der Waals surface area contributed by atoms with Gasteiger partial charge in [0.25, 0.3) is 0 Å². The highest BCUT2D eigenvalue weighted by Crippen LogP contribution is 2.29. The highest BCUT2D eigenvalue weighted by Gasteiger charge is 2.48. The number of benzene rings is 1. The third kappa shape index (κ3) is 6.49. The minimum Gasteiger partial charge on any atom is -0.634 e. The van der Waals surface area contributed by atoms with Crippen molar-refractivity contribution in [2.45, 2.75) is 115 Å². The van der Waals surface area contributed by atoms with E-state index in [4.69, 9.17) is 20.6 Å². The molecular formula is C29H42N2O7. The molecule has 9 nitrogen and oxygen atoms in total. The first-order valence-electron chi connectivity index (χ1n) is 13.1. The molecule has 0 atom stereocenters. The molecule has 2 aliphatic rings. The normalized spacial score (nSPS) is 29.0. The first-order valence-corrected chi connectivity index (χ1v) is 13.1. The molecule has 210 valence electrons. The Labute approximate surface area is 225 Å². The summed E-state index contributed by atoms with van der Waals surface area (Å²) in [6, 6.07) is 4.38. The lowest BCUT2D eigenvalue weighted by molar-refractivity contribution is -0.956. The lowest BCUT2D eigenvalue weighted by Crippen LogP contribution is -3.23. The van der Waals surface area contributed by atoms with E-state index >= 15 is 0 Å². The van der Waals surface area contributed by atoms with E-state index in [1.54, 1.807) is 0 Å². The fraction of sp³-hybridized carbons (Fsp3) is 0.655. The minimum absolute atomic E-state index is 0.0484. The van der Waals surface area contributed by atoms with Crippen LogP contribution in [0.2, 0.25) is 0 Å². The van der Waals surface area contributed by atoms with Crippen molar-refractivity contribution in [3.8, 4) is 18.1 Å². The van der Waals surface area contributed by atoms with E-state index in [0.717, 1.165) is 0 Å². The molecule has 3 rings (SSSR count). The molecule has 2 aliphatic heterocycles. The van der Waals surface area contributed by atoms with E-state index < -0.39 is 46.3 Å². The summed E-state index contributed by atoms with van der Waals surface area (Å²) in [6.07, 6.45) is 6.06. The second-order valence-corrected chi connectivity index (χ2v) is 13.3. The Morgan fingerprint density at radius 3 is 1.45 bits per heavy atom. The summed E-state index contributed by atoms with van der Waals surface area (Å²) in [7, 11) is 0. The number of quaternary nitrogens is 2. The number of hydrogen-bond acceptors (Lipinski definition) is 7.